The zero-order valence-electron chi connectivity index (χ0n) is 19.6. The number of benzene rings is 2. The van der Waals surface area contributed by atoms with Gasteiger partial charge in [0.25, 0.3) is 0 Å². The van der Waals surface area contributed by atoms with Crippen LogP contribution in [0, 0.1) is 0 Å². The SMILES string of the molecule is C[Si]c1c(C(C)(C)C)cc(-c2cccc3[cH-]ccc23)c(C(C)C)c1C(C)(C)C.[Hf]. The summed E-state index contributed by atoms with van der Waals surface area (Å²) in [6.07, 6.45) is 0. The van der Waals surface area contributed by atoms with Crippen molar-refractivity contribution in [2.45, 2.75) is 78.7 Å². The molecule has 0 saturated heterocycles. The van der Waals surface area contributed by atoms with E-state index in [1.54, 1.807) is 16.3 Å². The second kappa shape index (κ2) is 8.71. The molecule has 0 aliphatic carbocycles. The maximum Gasteiger partial charge on any atom is 0.0781 e. The summed E-state index contributed by atoms with van der Waals surface area (Å²) in [7, 11) is 0.805. The van der Waals surface area contributed by atoms with Gasteiger partial charge in [-0.3, -0.25) is 0 Å². The van der Waals surface area contributed by atoms with Gasteiger partial charge < -0.3 is 0 Å². The van der Waals surface area contributed by atoms with Gasteiger partial charge in [-0.05, 0) is 39.0 Å². The molecule has 0 aromatic heterocycles. The summed E-state index contributed by atoms with van der Waals surface area (Å²) >= 11 is 0. The summed E-state index contributed by atoms with van der Waals surface area (Å²) in [5.74, 6) is 0.485. The fourth-order valence-electron chi connectivity index (χ4n) is 4.55. The van der Waals surface area contributed by atoms with Crippen molar-refractivity contribution in [1.82, 2.24) is 0 Å². The molecule has 0 aliphatic heterocycles. The molecule has 3 aromatic rings. The molecule has 0 spiro atoms. The number of fused-ring (bicyclic) bond motifs is 1. The van der Waals surface area contributed by atoms with Gasteiger partial charge in [0.2, 0.25) is 0 Å². The van der Waals surface area contributed by atoms with Crippen LogP contribution in [0.1, 0.15) is 78.0 Å². The molecule has 0 heterocycles. The van der Waals surface area contributed by atoms with Crippen LogP contribution in [0.25, 0.3) is 21.9 Å². The van der Waals surface area contributed by atoms with E-state index in [2.05, 4.69) is 104 Å². The number of rotatable bonds is 3. The quantitative estimate of drug-likeness (QED) is 0.230. The molecule has 0 aliphatic rings. The Bertz CT molecular complexity index is 994. The van der Waals surface area contributed by atoms with E-state index in [1.807, 2.05) is 0 Å². The van der Waals surface area contributed by atoms with Crippen LogP contribution in [0.15, 0.2) is 42.5 Å². The maximum absolute atomic E-state index is 2.53. The third-order valence-corrected chi connectivity index (χ3v) is 6.74. The summed E-state index contributed by atoms with van der Waals surface area (Å²) in [5.41, 5.74) is 7.70. The van der Waals surface area contributed by atoms with Crippen LogP contribution in [-0.4, -0.2) is 9.52 Å². The monoisotopic (exact) mass is 567 g/mol. The number of hydrogen-bond acceptors (Lipinski definition) is 0. The van der Waals surface area contributed by atoms with E-state index in [0.29, 0.717) is 5.92 Å². The zero-order chi connectivity index (χ0) is 20.9. The molecule has 0 fully saturated rings. The largest absolute Gasteiger partial charge is 0.168 e. The summed E-state index contributed by atoms with van der Waals surface area (Å²) in [4.78, 5) is 0. The normalized spacial score (nSPS) is 12.5. The van der Waals surface area contributed by atoms with Gasteiger partial charge in [0.1, 0.15) is 0 Å². The smallest absolute Gasteiger partial charge is 0.0781 e. The van der Waals surface area contributed by atoms with Crippen LogP contribution < -0.4 is 5.19 Å². The second-order valence-electron chi connectivity index (χ2n) is 10.4. The third kappa shape index (κ3) is 4.59. The molecule has 29 heavy (non-hydrogen) atoms. The Morgan fingerprint density at radius 3 is 2.07 bits per heavy atom. The van der Waals surface area contributed by atoms with Gasteiger partial charge in [-0.25, -0.2) is 0 Å². The average Bonchev–Trinajstić information content (AvgIpc) is 3.06. The van der Waals surface area contributed by atoms with E-state index in [-0.39, 0.29) is 36.7 Å². The summed E-state index contributed by atoms with van der Waals surface area (Å²) < 4.78 is 0. The Hall–Kier alpha value is -0.863. The van der Waals surface area contributed by atoms with Gasteiger partial charge in [-0.1, -0.05) is 84.8 Å². The predicted molar refractivity (Wildman–Crippen MR) is 128 cm³/mol. The molecule has 0 nitrogen and oxygen atoms in total. The van der Waals surface area contributed by atoms with Crippen molar-refractivity contribution in [2.24, 2.45) is 0 Å². The molecule has 0 amide bonds. The van der Waals surface area contributed by atoms with Gasteiger partial charge in [0.05, 0.1) is 9.52 Å². The first-order valence-electron chi connectivity index (χ1n) is 10.5. The van der Waals surface area contributed by atoms with Gasteiger partial charge in [0, 0.05) is 25.8 Å². The Morgan fingerprint density at radius 2 is 1.55 bits per heavy atom. The van der Waals surface area contributed by atoms with Gasteiger partial charge in [-0.2, -0.15) is 12.1 Å². The fraction of sp³-hybridized carbons (Fsp3) is 0.444. The molecule has 0 N–H and O–H groups in total. The second-order valence-corrected chi connectivity index (χ2v) is 11.4. The van der Waals surface area contributed by atoms with Crippen LogP contribution in [0.2, 0.25) is 6.55 Å². The van der Waals surface area contributed by atoms with Gasteiger partial charge >= 0.3 is 0 Å². The fourth-order valence-corrected chi connectivity index (χ4v) is 6.02. The minimum atomic E-state index is 0. The molecular formula is C27H35HfSi-. The van der Waals surface area contributed by atoms with Gasteiger partial charge in [0.15, 0.2) is 0 Å². The van der Waals surface area contributed by atoms with E-state index in [0.717, 1.165) is 9.52 Å². The molecule has 0 atom stereocenters. The van der Waals surface area contributed by atoms with Crippen molar-refractivity contribution in [2.75, 3.05) is 0 Å². The van der Waals surface area contributed by atoms with Gasteiger partial charge in [-0.15, -0.1) is 29.0 Å². The molecule has 0 bridgehead atoms. The van der Waals surface area contributed by atoms with Crippen LogP contribution in [0.3, 0.4) is 0 Å². The molecule has 2 heteroatoms. The molecule has 0 saturated carbocycles. The maximum atomic E-state index is 2.53. The first-order chi connectivity index (χ1) is 13.0. The van der Waals surface area contributed by atoms with Crippen molar-refractivity contribution >= 4 is 25.5 Å². The minimum absolute atomic E-state index is 0. The van der Waals surface area contributed by atoms with Crippen molar-refractivity contribution in [1.29, 1.82) is 0 Å². The van der Waals surface area contributed by atoms with Crippen LogP contribution in [0.4, 0.5) is 0 Å². The minimum Gasteiger partial charge on any atom is -0.168 e. The standard InChI is InChI=1S/C27H35Si.Hf/c1-17(2)23-21(20-15-11-13-18-12-10-14-19(18)20)16-22(26(3,4)5)25(28-9)24(23)27(6,7)8;/h10-17H,1-9H3;/q-1;. The molecule has 0 unspecified atom stereocenters. The average molecular weight is 566 g/mol. The van der Waals surface area contributed by atoms with E-state index >= 15 is 0 Å². The third-order valence-electron chi connectivity index (χ3n) is 5.72. The molecular weight excluding hydrogens is 531 g/mol. The first kappa shape index (κ1) is 24.4. The summed E-state index contributed by atoms with van der Waals surface area (Å²) in [5, 5.41) is 4.29. The molecule has 152 valence electrons. The van der Waals surface area contributed by atoms with E-state index < -0.39 is 0 Å². The topological polar surface area (TPSA) is 0 Å². The molecule has 2 radical (unpaired) electrons. The summed E-state index contributed by atoms with van der Waals surface area (Å²) in [6, 6.07) is 16.0. The van der Waals surface area contributed by atoms with E-state index in [4.69, 9.17) is 0 Å². The Morgan fingerprint density at radius 1 is 0.897 bits per heavy atom. The number of hydrogen-bond donors (Lipinski definition) is 0. The van der Waals surface area contributed by atoms with Crippen molar-refractivity contribution in [3.63, 3.8) is 0 Å². The van der Waals surface area contributed by atoms with Crippen LogP contribution in [-0.2, 0) is 36.7 Å². The first-order valence-corrected chi connectivity index (χ1v) is 12.0. The molecule has 3 rings (SSSR count). The van der Waals surface area contributed by atoms with Crippen LogP contribution in [0.5, 0.6) is 0 Å². The van der Waals surface area contributed by atoms with Crippen LogP contribution >= 0.6 is 0 Å². The Kier molecular flexibility index (Phi) is 7.33. The molecule has 3 aromatic carbocycles. The van der Waals surface area contributed by atoms with Crippen molar-refractivity contribution in [3.05, 3.63) is 59.2 Å². The predicted octanol–water partition coefficient (Wildman–Crippen LogP) is 7.32. The van der Waals surface area contributed by atoms with E-state index in [1.165, 1.54) is 27.5 Å². The van der Waals surface area contributed by atoms with Crippen molar-refractivity contribution in [3.8, 4) is 11.1 Å². The van der Waals surface area contributed by atoms with Crippen molar-refractivity contribution < 1.29 is 25.8 Å². The van der Waals surface area contributed by atoms with E-state index in [9.17, 15) is 0 Å². The zero-order valence-corrected chi connectivity index (χ0v) is 24.2. The summed E-state index contributed by atoms with van der Waals surface area (Å²) in [6.45, 7) is 21.3. The Balaban J connectivity index is 0.00000300. The Labute approximate surface area is 199 Å².